The van der Waals surface area contributed by atoms with E-state index in [1.54, 1.807) is 7.11 Å². The molecule has 0 amide bonds. The monoisotopic (exact) mass is 462 g/mol. The Bertz CT molecular complexity index is 1170. The summed E-state index contributed by atoms with van der Waals surface area (Å²) in [6, 6.07) is 12.6. The lowest BCUT2D eigenvalue weighted by atomic mass is 10.1. The van der Waals surface area contributed by atoms with Crippen molar-refractivity contribution in [1.82, 2.24) is 19.7 Å². The lowest BCUT2D eigenvalue weighted by Crippen LogP contribution is -2.03. The lowest BCUT2D eigenvalue weighted by molar-refractivity contribution is -0.137. The number of methoxy groups -OCH3 is 1. The number of thioether (sulfide) groups is 1. The highest BCUT2D eigenvalue weighted by Gasteiger charge is 2.30. The molecule has 0 unspecified atom stereocenters. The van der Waals surface area contributed by atoms with Crippen LogP contribution < -0.4 is 4.74 Å². The molecule has 10 heteroatoms. The third-order valence-electron chi connectivity index (χ3n) is 4.54. The largest absolute Gasteiger partial charge is 0.497 e. The molecular weight excluding hydrogens is 445 g/mol. The molecule has 2 aromatic carbocycles. The van der Waals surface area contributed by atoms with Crippen molar-refractivity contribution in [1.29, 1.82) is 0 Å². The number of hydrogen-bond donors (Lipinski definition) is 0. The maximum atomic E-state index is 12.7. The van der Waals surface area contributed by atoms with Gasteiger partial charge < -0.3 is 9.30 Å². The molecule has 2 aromatic heterocycles. The highest BCUT2D eigenvalue weighted by Crippen LogP contribution is 2.33. The van der Waals surface area contributed by atoms with Crippen LogP contribution in [0.2, 0.25) is 0 Å². The minimum absolute atomic E-state index is 0.575. The van der Waals surface area contributed by atoms with Crippen LogP contribution in [0.4, 0.5) is 13.2 Å². The summed E-state index contributed by atoms with van der Waals surface area (Å²) in [6.07, 6.45) is -4.34. The van der Waals surface area contributed by atoms with E-state index in [-0.39, 0.29) is 0 Å². The quantitative estimate of drug-likeness (QED) is 0.333. The van der Waals surface area contributed by atoms with Gasteiger partial charge in [-0.05, 0) is 36.4 Å². The number of alkyl halides is 3. The second kappa shape index (κ2) is 8.72. The van der Waals surface area contributed by atoms with Crippen molar-refractivity contribution in [2.75, 3.05) is 7.11 Å². The Kier molecular flexibility index (Phi) is 6.01. The Morgan fingerprint density at radius 2 is 1.68 bits per heavy atom. The number of ether oxygens (including phenoxy) is 1. The number of rotatable bonds is 6. The first kappa shape index (κ1) is 21.4. The lowest BCUT2D eigenvalue weighted by Gasteiger charge is -2.06. The molecule has 0 N–H and O–H groups in total. The van der Waals surface area contributed by atoms with Gasteiger partial charge in [-0.3, -0.25) is 0 Å². The minimum atomic E-state index is -4.34. The van der Waals surface area contributed by atoms with Crippen LogP contribution >= 0.6 is 23.1 Å². The van der Waals surface area contributed by atoms with E-state index in [1.165, 1.54) is 35.2 Å². The molecule has 0 aliphatic carbocycles. The van der Waals surface area contributed by atoms with Gasteiger partial charge in [0.2, 0.25) is 0 Å². The van der Waals surface area contributed by atoms with E-state index < -0.39 is 11.7 Å². The molecule has 31 heavy (non-hydrogen) atoms. The second-order valence-corrected chi connectivity index (χ2v) is 8.40. The Balaban J connectivity index is 1.43. The molecule has 0 radical (unpaired) electrons. The SMILES string of the molecule is COc1ccc(-c2nnc(SCc3csc(-c4ccc(C(F)(F)F)cc4)n3)n2C)cc1. The van der Waals surface area contributed by atoms with Crippen molar-refractivity contribution in [3.63, 3.8) is 0 Å². The molecule has 0 aliphatic heterocycles. The molecular formula is C21H17F3N4OS2. The fraction of sp³-hybridized carbons (Fsp3) is 0.190. The van der Waals surface area contributed by atoms with Gasteiger partial charge >= 0.3 is 6.18 Å². The van der Waals surface area contributed by atoms with Crippen LogP contribution in [-0.4, -0.2) is 26.9 Å². The summed E-state index contributed by atoms with van der Waals surface area (Å²) in [6.45, 7) is 0. The molecule has 0 bridgehead atoms. The fourth-order valence-electron chi connectivity index (χ4n) is 2.88. The number of nitrogens with zero attached hydrogens (tertiary/aromatic N) is 4. The molecule has 0 saturated carbocycles. The molecule has 0 spiro atoms. The van der Waals surface area contributed by atoms with Crippen LogP contribution in [0.15, 0.2) is 59.1 Å². The maximum absolute atomic E-state index is 12.7. The van der Waals surface area contributed by atoms with Crippen LogP contribution in [0, 0.1) is 0 Å². The van der Waals surface area contributed by atoms with Gasteiger partial charge in [-0.2, -0.15) is 13.2 Å². The van der Waals surface area contributed by atoms with Gasteiger partial charge in [-0.15, -0.1) is 21.5 Å². The first-order valence-electron chi connectivity index (χ1n) is 9.14. The summed E-state index contributed by atoms with van der Waals surface area (Å²) in [5.41, 5.74) is 1.76. The van der Waals surface area contributed by atoms with Gasteiger partial charge in [0.05, 0.1) is 18.4 Å². The van der Waals surface area contributed by atoms with Crippen LogP contribution in [0.3, 0.4) is 0 Å². The average Bonchev–Trinajstić information content (AvgIpc) is 3.38. The van der Waals surface area contributed by atoms with E-state index in [1.807, 2.05) is 41.3 Å². The predicted octanol–water partition coefficient (Wildman–Crippen LogP) is 5.93. The van der Waals surface area contributed by atoms with Gasteiger partial charge in [-0.25, -0.2) is 4.98 Å². The van der Waals surface area contributed by atoms with Gasteiger partial charge in [-0.1, -0.05) is 23.9 Å². The number of halogens is 3. The summed E-state index contributed by atoms with van der Waals surface area (Å²) in [7, 11) is 3.52. The highest BCUT2D eigenvalue weighted by molar-refractivity contribution is 7.98. The van der Waals surface area contributed by atoms with Crippen molar-refractivity contribution >= 4 is 23.1 Å². The van der Waals surface area contributed by atoms with Crippen molar-refractivity contribution in [3.05, 3.63) is 65.2 Å². The molecule has 4 rings (SSSR count). The minimum Gasteiger partial charge on any atom is -0.497 e. The molecule has 0 atom stereocenters. The second-order valence-electron chi connectivity index (χ2n) is 6.60. The molecule has 0 fully saturated rings. The zero-order valence-electron chi connectivity index (χ0n) is 16.6. The molecule has 5 nitrogen and oxygen atoms in total. The zero-order valence-corrected chi connectivity index (χ0v) is 18.2. The summed E-state index contributed by atoms with van der Waals surface area (Å²) >= 11 is 2.90. The van der Waals surface area contributed by atoms with Crippen molar-refractivity contribution < 1.29 is 17.9 Å². The molecule has 4 aromatic rings. The third-order valence-corrected chi connectivity index (χ3v) is 6.54. The molecule has 0 saturated heterocycles. The highest BCUT2D eigenvalue weighted by atomic mass is 32.2. The Morgan fingerprint density at radius 3 is 2.32 bits per heavy atom. The molecule has 0 aliphatic rings. The van der Waals surface area contributed by atoms with Gasteiger partial charge in [0, 0.05) is 29.3 Å². The van der Waals surface area contributed by atoms with Gasteiger partial charge in [0.25, 0.3) is 0 Å². The Hall–Kier alpha value is -2.85. The Morgan fingerprint density at radius 1 is 1.00 bits per heavy atom. The van der Waals surface area contributed by atoms with E-state index >= 15 is 0 Å². The third kappa shape index (κ3) is 4.75. The number of hydrogen-bond acceptors (Lipinski definition) is 6. The van der Waals surface area contributed by atoms with Crippen LogP contribution in [-0.2, 0) is 19.0 Å². The van der Waals surface area contributed by atoms with E-state index in [0.29, 0.717) is 16.3 Å². The molecule has 160 valence electrons. The van der Waals surface area contributed by atoms with Gasteiger partial charge in [0.15, 0.2) is 11.0 Å². The average molecular weight is 463 g/mol. The summed E-state index contributed by atoms with van der Waals surface area (Å²) < 4.78 is 45.3. The fourth-order valence-corrected chi connectivity index (χ4v) is 4.61. The smallest absolute Gasteiger partial charge is 0.416 e. The van der Waals surface area contributed by atoms with Crippen LogP contribution in [0.1, 0.15) is 11.3 Å². The van der Waals surface area contributed by atoms with Crippen molar-refractivity contribution in [2.45, 2.75) is 17.1 Å². The normalized spacial score (nSPS) is 11.6. The topological polar surface area (TPSA) is 52.8 Å². The summed E-state index contributed by atoms with van der Waals surface area (Å²) in [5.74, 6) is 2.09. The molecule has 2 heterocycles. The van der Waals surface area contributed by atoms with E-state index in [2.05, 4.69) is 15.2 Å². The summed E-state index contributed by atoms with van der Waals surface area (Å²) in [4.78, 5) is 4.55. The van der Waals surface area contributed by atoms with Crippen LogP contribution in [0.5, 0.6) is 5.75 Å². The van der Waals surface area contributed by atoms with E-state index in [9.17, 15) is 13.2 Å². The standard InChI is InChI=1S/C21H17F3N4OS2/c1-28-18(13-5-9-17(29-2)10-6-13)26-27-20(28)31-12-16-11-30-19(25-16)14-3-7-15(8-4-14)21(22,23)24/h3-11H,12H2,1-2H3. The first-order chi connectivity index (χ1) is 14.8. The predicted molar refractivity (Wildman–Crippen MR) is 115 cm³/mol. The van der Waals surface area contributed by atoms with Crippen LogP contribution in [0.25, 0.3) is 22.0 Å². The number of aromatic nitrogens is 4. The number of benzene rings is 2. The van der Waals surface area contributed by atoms with Crippen molar-refractivity contribution in [2.24, 2.45) is 7.05 Å². The van der Waals surface area contributed by atoms with E-state index in [4.69, 9.17) is 4.74 Å². The zero-order chi connectivity index (χ0) is 22.0. The summed E-state index contributed by atoms with van der Waals surface area (Å²) in [5, 5.41) is 11.9. The number of thiazole rings is 1. The van der Waals surface area contributed by atoms with Gasteiger partial charge in [0.1, 0.15) is 10.8 Å². The first-order valence-corrected chi connectivity index (χ1v) is 11.0. The maximum Gasteiger partial charge on any atom is 0.416 e. The Labute approximate surface area is 184 Å². The van der Waals surface area contributed by atoms with Crippen molar-refractivity contribution in [3.8, 4) is 27.7 Å². The van der Waals surface area contributed by atoms with E-state index in [0.717, 1.165) is 40.1 Å².